The van der Waals surface area contributed by atoms with Crippen molar-refractivity contribution in [3.8, 4) is 0 Å². The highest BCUT2D eigenvalue weighted by molar-refractivity contribution is 5.04. The molecule has 0 aromatic rings. The monoisotopic (exact) mass is 169 g/mol. The lowest BCUT2D eigenvalue weighted by molar-refractivity contribution is 0.0108. The number of piperidine rings is 1. The lowest BCUT2D eigenvalue weighted by atomic mass is 9.96. The highest BCUT2D eigenvalue weighted by Crippen LogP contribution is 2.43. The Bertz CT molecular complexity index is 165. The van der Waals surface area contributed by atoms with E-state index in [-0.39, 0.29) is 5.60 Å². The van der Waals surface area contributed by atoms with E-state index in [0.29, 0.717) is 6.04 Å². The smallest absolute Gasteiger partial charge is 0.0804 e. The predicted molar refractivity (Wildman–Crippen MR) is 49.1 cm³/mol. The summed E-state index contributed by atoms with van der Waals surface area (Å²) in [6.07, 6.45) is 5.91. The van der Waals surface area contributed by atoms with Crippen molar-refractivity contribution >= 4 is 0 Å². The molecule has 0 bridgehead atoms. The molecule has 2 nitrogen and oxygen atoms in total. The lowest BCUT2D eigenvalue weighted by Crippen LogP contribution is -2.47. The number of nitrogens with zero attached hydrogens (tertiary/aromatic N) is 1. The van der Waals surface area contributed by atoms with E-state index in [1.54, 1.807) is 0 Å². The minimum Gasteiger partial charge on any atom is -0.388 e. The summed E-state index contributed by atoms with van der Waals surface area (Å²) in [5.74, 6) is 0. The van der Waals surface area contributed by atoms with Crippen molar-refractivity contribution in [3.05, 3.63) is 0 Å². The second-order valence-electron chi connectivity index (χ2n) is 4.24. The van der Waals surface area contributed by atoms with Crippen LogP contribution in [0.1, 0.15) is 39.0 Å². The number of likely N-dealkylation sites (tertiary alicyclic amines) is 1. The van der Waals surface area contributed by atoms with Crippen LogP contribution in [0.2, 0.25) is 0 Å². The van der Waals surface area contributed by atoms with Gasteiger partial charge in [-0.25, -0.2) is 0 Å². The van der Waals surface area contributed by atoms with Crippen LogP contribution in [0.5, 0.6) is 0 Å². The molecule has 70 valence electrons. The van der Waals surface area contributed by atoms with Crippen LogP contribution in [0.4, 0.5) is 0 Å². The van der Waals surface area contributed by atoms with Gasteiger partial charge in [0.15, 0.2) is 0 Å². The maximum atomic E-state index is 10.0. The van der Waals surface area contributed by atoms with E-state index in [4.69, 9.17) is 0 Å². The van der Waals surface area contributed by atoms with E-state index in [1.807, 2.05) is 0 Å². The van der Waals surface area contributed by atoms with Crippen LogP contribution in [-0.2, 0) is 0 Å². The predicted octanol–water partition coefficient (Wildman–Crippen LogP) is 1.39. The molecular weight excluding hydrogens is 150 g/mol. The van der Waals surface area contributed by atoms with Crippen molar-refractivity contribution in [2.24, 2.45) is 0 Å². The van der Waals surface area contributed by atoms with Crippen molar-refractivity contribution < 1.29 is 5.11 Å². The molecule has 1 saturated carbocycles. The van der Waals surface area contributed by atoms with Crippen molar-refractivity contribution in [3.63, 3.8) is 0 Å². The Morgan fingerprint density at radius 1 is 1.42 bits per heavy atom. The van der Waals surface area contributed by atoms with E-state index in [1.165, 1.54) is 25.8 Å². The first-order valence-corrected chi connectivity index (χ1v) is 5.23. The van der Waals surface area contributed by atoms with Crippen LogP contribution in [0, 0.1) is 0 Å². The first-order valence-electron chi connectivity index (χ1n) is 5.23. The van der Waals surface area contributed by atoms with E-state index in [2.05, 4.69) is 11.8 Å². The number of hydrogen-bond acceptors (Lipinski definition) is 2. The van der Waals surface area contributed by atoms with Gasteiger partial charge in [0.05, 0.1) is 5.60 Å². The van der Waals surface area contributed by atoms with Crippen LogP contribution in [0.15, 0.2) is 0 Å². The highest BCUT2D eigenvalue weighted by atomic mass is 16.3. The summed E-state index contributed by atoms with van der Waals surface area (Å²) in [6, 6.07) is 0.483. The zero-order valence-corrected chi connectivity index (χ0v) is 7.92. The van der Waals surface area contributed by atoms with Gasteiger partial charge >= 0.3 is 0 Å². The molecule has 1 atom stereocenters. The molecule has 1 unspecified atom stereocenters. The van der Waals surface area contributed by atoms with Gasteiger partial charge in [-0.3, -0.25) is 4.90 Å². The molecule has 2 aliphatic rings. The second kappa shape index (κ2) is 3.00. The number of hydrogen-bond donors (Lipinski definition) is 1. The first kappa shape index (κ1) is 8.52. The van der Waals surface area contributed by atoms with E-state index in [0.717, 1.165) is 19.4 Å². The van der Waals surface area contributed by atoms with Gasteiger partial charge < -0.3 is 5.11 Å². The Hall–Kier alpha value is -0.0800. The van der Waals surface area contributed by atoms with E-state index >= 15 is 0 Å². The largest absolute Gasteiger partial charge is 0.388 e. The molecule has 0 amide bonds. The van der Waals surface area contributed by atoms with Gasteiger partial charge in [0.1, 0.15) is 0 Å². The molecule has 1 saturated heterocycles. The van der Waals surface area contributed by atoms with Gasteiger partial charge in [0, 0.05) is 6.04 Å². The van der Waals surface area contributed by atoms with Gasteiger partial charge in [-0.15, -0.1) is 0 Å². The molecule has 2 fully saturated rings. The summed E-state index contributed by atoms with van der Waals surface area (Å²) in [5, 5.41) is 10.0. The fourth-order valence-electron chi connectivity index (χ4n) is 2.44. The Kier molecular flexibility index (Phi) is 2.13. The van der Waals surface area contributed by atoms with Crippen LogP contribution < -0.4 is 0 Å². The maximum Gasteiger partial charge on any atom is 0.0804 e. The van der Waals surface area contributed by atoms with Gasteiger partial charge in [-0.1, -0.05) is 13.3 Å². The van der Waals surface area contributed by atoms with E-state index in [9.17, 15) is 5.11 Å². The molecular formula is C10H19NO. The zero-order valence-electron chi connectivity index (χ0n) is 7.92. The molecule has 0 spiro atoms. The SMILES string of the molecule is CCN1CCCCC1C1(O)CC1. The summed E-state index contributed by atoms with van der Waals surface area (Å²) in [6.45, 7) is 4.50. The summed E-state index contributed by atoms with van der Waals surface area (Å²) in [4.78, 5) is 2.45. The normalized spacial score (nSPS) is 35.0. The maximum absolute atomic E-state index is 10.0. The average molecular weight is 169 g/mol. The summed E-state index contributed by atoms with van der Waals surface area (Å²) in [7, 11) is 0. The Balaban J connectivity index is 2.00. The fraction of sp³-hybridized carbons (Fsp3) is 1.00. The average Bonchev–Trinajstić information content (AvgIpc) is 2.85. The molecule has 0 radical (unpaired) electrons. The minimum absolute atomic E-state index is 0.281. The van der Waals surface area contributed by atoms with Crippen molar-refractivity contribution in [2.45, 2.75) is 50.7 Å². The van der Waals surface area contributed by atoms with Crippen molar-refractivity contribution in [2.75, 3.05) is 13.1 Å². The van der Waals surface area contributed by atoms with Gasteiger partial charge in [-0.2, -0.15) is 0 Å². The number of rotatable bonds is 2. The Morgan fingerprint density at radius 3 is 2.75 bits per heavy atom. The zero-order chi connectivity index (χ0) is 8.60. The third-order valence-corrected chi connectivity index (χ3v) is 3.40. The summed E-state index contributed by atoms with van der Waals surface area (Å²) >= 11 is 0. The Labute approximate surface area is 74.6 Å². The third kappa shape index (κ3) is 1.38. The standard InChI is InChI=1S/C10H19NO/c1-2-11-8-4-3-5-9(11)10(12)6-7-10/h9,12H,2-8H2,1H3. The minimum atomic E-state index is -0.281. The van der Waals surface area contributed by atoms with Crippen molar-refractivity contribution in [1.29, 1.82) is 0 Å². The molecule has 1 heterocycles. The van der Waals surface area contributed by atoms with Crippen LogP contribution in [0.3, 0.4) is 0 Å². The van der Waals surface area contributed by atoms with Gasteiger partial charge in [0.25, 0.3) is 0 Å². The first-order chi connectivity index (χ1) is 5.76. The fourth-order valence-corrected chi connectivity index (χ4v) is 2.44. The second-order valence-corrected chi connectivity index (χ2v) is 4.24. The molecule has 1 N–H and O–H groups in total. The molecule has 1 aliphatic carbocycles. The third-order valence-electron chi connectivity index (χ3n) is 3.40. The topological polar surface area (TPSA) is 23.5 Å². The summed E-state index contributed by atoms with van der Waals surface area (Å²) < 4.78 is 0. The van der Waals surface area contributed by atoms with Crippen LogP contribution in [0.25, 0.3) is 0 Å². The van der Waals surface area contributed by atoms with Gasteiger partial charge in [0.2, 0.25) is 0 Å². The van der Waals surface area contributed by atoms with Gasteiger partial charge in [-0.05, 0) is 38.8 Å². The lowest BCUT2D eigenvalue weighted by Gasteiger charge is -2.38. The molecule has 2 rings (SSSR count). The molecule has 1 aliphatic heterocycles. The molecule has 2 heteroatoms. The van der Waals surface area contributed by atoms with E-state index < -0.39 is 0 Å². The molecule has 12 heavy (non-hydrogen) atoms. The summed E-state index contributed by atoms with van der Waals surface area (Å²) in [5.41, 5.74) is -0.281. The molecule has 0 aromatic carbocycles. The Morgan fingerprint density at radius 2 is 2.17 bits per heavy atom. The van der Waals surface area contributed by atoms with Crippen LogP contribution >= 0.6 is 0 Å². The highest BCUT2D eigenvalue weighted by Gasteiger charge is 2.49. The molecule has 0 aromatic heterocycles. The quantitative estimate of drug-likeness (QED) is 0.675. The number of aliphatic hydroxyl groups is 1. The van der Waals surface area contributed by atoms with Crippen LogP contribution in [-0.4, -0.2) is 34.7 Å². The van der Waals surface area contributed by atoms with Crippen molar-refractivity contribution in [1.82, 2.24) is 4.90 Å². The number of likely N-dealkylation sites (N-methyl/N-ethyl adjacent to an activating group) is 1.